The third kappa shape index (κ3) is 3.68. The summed E-state index contributed by atoms with van der Waals surface area (Å²) in [6.07, 6.45) is 5.93. The van der Waals surface area contributed by atoms with Crippen molar-refractivity contribution < 1.29 is 14.6 Å². The highest BCUT2D eigenvalue weighted by molar-refractivity contribution is 5.79. The molecule has 1 atom stereocenters. The minimum absolute atomic E-state index is 0.139. The number of aliphatic carboxylic acids is 1. The first-order chi connectivity index (χ1) is 9.13. The maximum absolute atomic E-state index is 11.6. The summed E-state index contributed by atoms with van der Waals surface area (Å²) in [6, 6.07) is 0. The summed E-state index contributed by atoms with van der Waals surface area (Å²) < 4.78 is 5.31. The molecule has 5 nitrogen and oxygen atoms in total. The zero-order valence-corrected chi connectivity index (χ0v) is 11.6. The van der Waals surface area contributed by atoms with E-state index in [-0.39, 0.29) is 5.92 Å². The number of rotatable bonds is 5. The van der Waals surface area contributed by atoms with E-state index in [0.29, 0.717) is 6.42 Å². The van der Waals surface area contributed by atoms with Gasteiger partial charge >= 0.3 is 5.97 Å². The molecule has 110 valence electrons. The molecule has 0 aromatic heterocycles. The Morgan fingerprint density at radius 2 is 1.89 bits per heavy atom. The zero-order chi connectivity index (χ0) is 13.7. The first-order valence-electron chi connectivity index (χ1n) is 7.45. The molecular weight excluding hydrogens is 244 g/mol. The van der Waals surface area contributed by atoms with Crippen molar-refractivity contribution in [3.8, 4) is 0 Å². The summed E-state index contributed by atoms with van der Waals surface area (Å²) in [7, 11) is 0. The molecule has 0 aromatic rings. The smallest absolute Gasteiger partial charge is 0.324 e. The molecule has 0 amide bonds. The van der Waals surface area contributed by atoms with Crippen LogP contribution in [0.4, 0.5) is 0 Å². The Morgan fingerprint density at radius 3 is 2.47 bits per heavy atom. The summed E-state index contributed by atoms with van der Waals surface area (Å²) in [6.45, 7) is 4.03. The molecule has 1 aliphatic heterocycles. The molecule has 1 heterocycles. The molecule has 5 heteroatoms. The van der Waals surface area contributed by atoms with E-state index in [1.165, 1.54) is 6.42 Å². The molecule has 2 aliphatic rings. The lowest BCUT2D eigenvalue weighted by Gasteiger charge is -2.38. The first kappa shape index (κ1) is 14.8. The fraction of sp³-hybridized carbons (Fsp3) is 0.929. The number of hydrogen-bond acceptors (Lipinski definition) is 4. The summed E-state index contributed by atoms with van der Waals surface area (Å²) in [5, 5.41) is 9.55. The van der Waals surface area contributed by atoms with Crippen molar-refractivity contribution in [3.05, 3.63) is 0 Å². The van der Waals surface area contributed by atoms with Gasteiger partial charge in [0.2, 0.25) is 0 Å². The van der Waals surface area contributed by atoms with E-state index >= 15 is 0 Å². The quantitative estimate of drug-likeness (QED) is 0.781. The Kier molecular flexibility index (Phi) is 5.19. The molecule has 2 rings (SSSR count). The molecule has 3 N–H and O–H groups in total. The van der Waals surface area contributed by atoms with Gasteiger partial charge in [-0.2, -0.15) is 0 Å². The molecular formula is C14H26N2O3. The van der Waals surface area contributed by atoms with Crippen LogP contribution in [0.15, 0.2) is 0 Å². The van der Waals surface area contributed by atoms with E-state index in [0.717, 1.165) is 58.5 Å². The number of carboxylic acids is 1. The van der Waals surface area contributed by atoms with Gasteiger partial charge in [0.1, 0.15) is 5.54 Å². The SMILES string of the molecule is N[C@](CCN1CCOCC1)(C(=O)O)C1CCCCC1. The third-order valence-electron chi connectivity index (χ3n) is 4.68. The van der Waals surface area contributed by atoms with Gasteiger partial charge in [0.05, 0.1) is 13.2 Å². The summed E-state index contributed by atoms with van der Waals surface area (Å²) in [5.41, 5.74) is 5.23. The Morgan fingerprint density at radius 1 is 1.26 bits per heavy atom. The summed E-state index contributed by atoms with van der Waals surface area (Å²) in [5.74, 6) is -0.688. The molecule has 1 aliphatic carbocycles. The van der Waals surface area contributed by atoms with Crippen molar-refractivity contribution in [1.82, 2.24) is 4.90 Å². The molecule has 0 aromatic carbocycles. The highest BCUT2D eigenvalue weighted by Gasteiger charge is 2.42. The standard InChI is InChI=1S/C14H26N2O3/c15-14(13(17)18,12-4-2-1-3-5-12)6-7-16-8-10-19-11-9-16/h12H,1-11,15H2,(H,17,18)/t14-/m0/s1. The van der Waals surface area contributed by atoms with Crippen LogP contribution in [0.3, 0.4) is 0 Å². The molecule has 0 spiro atoms. The van der Waals surface area contributed by atoms with Crippen LogP contribution in [0.5, 0.6) is 0 Å². The molecule has 0 unspecified atom stereocenters. The number of carboxylic acid groups (broad SMARTS) is 1. The van der Waals surface area contributed by atoms with Crippen molar-refractivity contribution in [1.29, 1.82) is 0 Å². The van der Waals surface area contributed by atoms with E-state index in [4.69, 9.17) is 10.5 Å². The van der Waals surface area contributed by atoms with Crippen LogP contribution in [0.2, 0.25) is 0 Å². The minimum atomic E-state index is -1.04. The van der Waals surface area contributed by atoms with Gasteiger partial charge in [-0.25, -0.2) is 0 Å². The largest absolute Gasteiger partial charge is 0.480 e. The van der Waals surface area contributed by atoms with Gasteiger partial charge in [-0.1, -0.05) is 19.3 Å². The van der Waals surface area contributed by atoms with Gasteiger partial charge in [-0.15, -0.1) is 0 Å². The van der Waals surface area contributed by atoms with Gasteiger partial charge < -0.3 is 15.6 Å². The van der Waals surface area contributed by atoms with Gasteiger partial charge in [0.25, 0.3) is 0 Å². The van der Waals surface area contributed by atoms with Crippen LogP contribution in [-0.2, 0) is 9.53 Å². The molecule has 2 fully saturated rings. The summed E-state index contributed by atoms with van der Waals surface area (Å²) in [4.78, 5) is 13.9. The van der Waals surface area contributed by atoms with E-state index in [2.05, 4.69) is 4.90 Å². The number of nitrogens with two attached hydrogens (primary N) is 1. The number of carbonyl (C=O) groups is 1. The van der Waals surface area contributed by atoms with Crippen LogP contribution in [-0.4, -0.2) is 54.4 Å². The minimum Gasteiger partial charge on any atom is -0.480 e. The molecule has 1 saturated carbocycles. The van der Waals surface area contributed by atoms with Gasteiger partial charge in [0.15, 0.2) is 0 Å². The fourth-order valence-electron chi connectivity index (χ4n) is 3.27. The van der Waals surface area contributed by atoms with Crippen LogP contribution in [0.1, 0.15) is 38.5 Å². The van der Waals surface area contributed by atoms with E-state index in [1.54, 1.807) is 0 Å². The van der Waals surface area contributed by atoms with Crippen molar-refractivity contribution in [2.45, 2.75) is 44.1 Å². The fourth-order valence-corrected chi connectivity index (χ4v) is 3.27. The predicted molar refractivity (Wildman–Crippen MR) is 73.0 cm³/mol. The van der Waals surface area contributed by atoms with E-state index in [1.807, 2.05) is 0 Å². The molecule has 1 saturated heterocycles. The average Bonchev–Trinajstić information content (AvgIpc) is 2.46. The van der Waals surface area contributed by atoms with Gasteiger partial charge in [0, 0.05) is 19.6 Å². The normalized spacial score (nSPS) is 25.9. The van der Waals surface area contributed by atoms with Crippen molar-refractivity contribution >= 4 is 5.97 Å². The Balaban J connectivity index is 1.91. The highest BCUT2D eigenvalue weighted by atomic mass is 16.5. The Hall–Kier alpha value is -0.650. The van der Waals surface area contributed by atoms with Crippen LogP contribution in [0.25, 0.3) is 0 Å². The van der Waals surface area contributed by atoms with Crippen molar-refractivity contribution in [2.24, 2.45) is 11.7 Å². The van der Waals surface area contributed by atoms with Gasteiger partial charge in [-0.3, -0.25) is 9.69 Å². The Bertz CT molecular complexity index is 299. The number of nitrogens with zero attached hydrogens (tertiary/aromatic N) is 1. The number of hydrogen-bond donors (Lipinski definition) is 2. The van der Waals surface area contributed by atoms with Crippen LogP contribution >= 0.6 is 0 Å². The van der Waals surface area contributed by atoms with Crippen LogP contribution in [0, 0.1) is 5.92 Å². The second-order valence-corrected chi connectivity index (χ2v) is 5.88. The van der Waals surface area contributed by atoms with Crippen LogP contribution < -0.4 is 5.73 Å². The topological polar surface area (TPSA) is 75.8 Å². The zero-order valence-electron chi connectivity index (χ0n) is 11.6. The predicted octanol–water partition coefficient (Wildman–Crippen LogP) is 1.07. The van der Waals surface area contributed by atoms with E-state index < -0.39 is 11.5 Å². The highest BCUT2D eigenvalue weighted by Crippen LogP contribution is 2.33. The third-order valence-corrected chi connectivity index (χ3v) is 4.68. The Labute approximate surface area is 115 Å². The van der Waals surface area contributed by atoms with E-state index in [9.17, 15) is 9.90 Å². The number of morpholine rings is 1. The second-order valence-electron chi connectivity index (χ2n) is 5.88. The maximum atomic E-state index is 11.6. The van der Waals surface area contributed by atoms with Gasteiger partial charge in [-0.05, 0) is 25.2 Å². The maximum Gasteiger partial charge on any atom is 0.324 e. The lowest BCUT2D eigenvalue weighted by Crippen LogP contribution is -2.56. The second kappa shape index (κ2) is 6.68. The molecule has 0 radical (unpaired) electrons. The van der Waals surface area contributed by atoms with Crippen molar-refractivity contribution in [2.75, 3.05) is 32.8 Å². The lowest BCUT2D eigenvalue weighted by atomic mass is 9.73. The monoisotopic (exact) mass is 270 g/mol. The number of ether oxygens (including phenoxy) is 1. The summed E-state index contributed by atoms with van der Waals surface area (Å²) >= 11 is 0. The first-order valence-corrected chi connectivity index (χ1v) is 7.45. The average molecular weight is 270 g/mol. The van der Waals surface area contributed by atoms with Crippen molar-refractivity contribution in [3.63, 3.8) is 0 Å². The molecule has 19 heavy (non-hydrogen) atoms. The lowest BCUT2D eigenvalue weighted by molar-refractivity contribution is -0.147. The molecule has 0 bridgehead atoms.